The fourth-order valence-corrected chi connectivity index (χ4v) is 2.78. The Morgan fingerprint density at radius 2 is 1.77 bits per heavy atom. The summed E-state index contributed by atoms with van der Waals surface area (Å²) in [7, 11) is 1.62. The normalized spacial score (nSPS) is 11.2. The van der Waals surface area contributed by atoms with E-state index in [1.807, 2.05) is 13.8 Å². The molecular weight excluding hydrogens is 332 g/mol. The third-order valence-electron chi connectivity index (χ3n) is 4.39. The van der Waals surface area contributed by atoms with Crippen molar-refractivity contribution in [2.24, 2.45) is 7.05 Å². The zero-order valence-electron chi connectivity index (χ0n) is 14.5. The van der Waals surface area contributed by atoms with E-state index in [-0.39, 0.29) is 5.91 Å². The first-order chi connectivity index (χ1) is 12.4. The quantitative estimate of drug-likeness (QED) is 0.601. The molecule has 0 unspecified atom stereocenters. The van der Waals surface area contributed by atoms with Crippen LogP contribution in [0.1, 0.15) is 21.7 Å². The molecule has 1 N–H and O–H groups in total. The van der Waals surface area contributed by atoms with Gasteiger partial charge in [0.25, 0.3) is 5.91 Å². The van der Waals surface area contributed by atoms with E-state index in [0.717, 1.165) is 16.9 Å². The van der Waals surface area contributed by atoms with E-state index in [0.29, 0.717) is 27.9 Å². The van der Waals surface area contributed by atoms with Gasteiger partial charge in [0.05, 0.1) is 27.9 Å². The van der Waals surface area contributed by atoms with Gasteiger partial charge in [-0.15, -0.1) is 0 Å². The molecule has 2 heterocycles. The van der Waals surface area contributed by atoms with Gasteiger partial charge in [-0.05, 0) is 50.2 Å². The zero-order chi connectivity index (χ0) is 18.4. The highest BCUT2D eigenvalue weighted by Gasteiger charge is 2.11. The van der Waals surface area contributed by atoms with Gasteiger partial charge in [0.1, 0.15) is 0 Å². The number of anilines is 1. The number of carbonyl (C=O) groups is 1. The predicted molar refractivity (Wildman–Crippen MR) is 98.4 cm³/mol. The number of aromatic nitrogens is 3. The average Bonchev–Trinajstić information content (AvgIpc) is 2.90. The minimum atomic E-state index is -0.442. The minimum Gasteiger partial charge on any atom is -0.408 e. The Balaban J connectivity index is 1.67. The van der Waals surface area contributed by atoms with E-state index in [1.54, 1.807) is 43.4 Å². The van der Waals surface area contributed by atoms with Gasteiger partial charge in [0.15, 0.2) is 5.58 Å². The number of fused-ring (bicyclic) bond motifs is 2. The standard InChI is InChI=1S/C19H16N4O3/c1-10-11(2)21-15-8-12(4-6-14(15)20-10)18(24)22-13-5-7-17-16(9-13)23(3)19(25)26-17/h4-9H,1-3H3,(H,22,24). The van der Waals surface area contributed by atoms with Crippen LogP contribution >= 0.6 is 0 Å². The lowest BCUT2D eigenvalue weighted by atomic mass is 10.1. The average molecular weight is 348 g/mol. The highest BCUT2D eigenvalue weighted by Crippen LogP contribution is 2.20. The number of aryl methyl sites for hydroxylation is 3. The summed E-state index contributed by atoms with van der Waals surface area (Å²) in [5, 5.41) is 2.83. The second-order valence-corrected chi connectivity index (χ2v) is 6.16. The third-order valence-corrected chi connectivity index (χ3v) is 4.39. The van der Waals surface area contributed by atoms with Crippen LogP contribution in [0.15, 0.2) is 45.6 Å². The lowest BCUT2D eigenvalue weighted by molar-refractivity contribution is 0.102. The number of benzene rings is 2. The first-order valence-corrected chi connectivity index (χ1v) is 8.08. The number of rotatable bonds is 2. The van der Waals surface area contributed by atoms with E-state index >= 15 is 0 Å². The molecule has 0 aliphatic carbocycles. The topological polar surface area (TPSA) is 90.0 Å². The van der Waals surface area contributed by atoms with Crippen molar-refractivity contribution in [1.82, 2.24) is 14.5 Å². The van der Waals surface area contributed by atoms with Crippen molar-refractivity contribution in [3.63, 3.8) is 0 Å². The number of oxazole rings is 1. The maximum absolute atomic E-state index is 12.6. The summed E-state index contributed by atoms with van der Waals surface area (Å²) in [6.07, 6.45) is 0. The Kier molecular flexibility index (Phi) is 3.57. The Morgan fingerprint density at radius 1 is 1.04 bits per heavy atom. The molecule has 0 spiro atoms. The van der Waals surface area contributed by atoms with Crippen LogP contribution in [-0.2, 0) is 7.05 Å². The number of hydrogen-bond donors (Lipinski definition) is 1. The molecule has 0 radical (unpaired) electrons. The van der Waals surface area contributed by atoms with Crippen molar-refractivity contribution >= 4 is 33.7 Å². The van der Waals surface area contributed by atoms with Crippen LogP contribution in [0.25, 0.3) is 22.1 Å². The van der Waals surface area contributed by atoms with Crippen molar-refractivity contribution in [2.45, 2.75) is 13.8 Å². The molecule has 0 fully saturated rings. The van der Waals surface area contributed by atoms with Crippen molar-refractivity contribution in [3.05, 3.63) is 63.9 Å². The molecule has 1 amide bonds. The van der Waals surface area contributed by atoms with Gasteiger partial charge in [0, 0.05) is 18.3 Å². The highest BCUT2D eigenvalue weighted by molar-refractivity contribution is 6.06. The van der Waals surface area contributed by atoms with Crippen LogP contribution in [0.2, 0.25) is 0 Å². The second-order valence-electron chi connectivity index (χ2n) is 6.16. The van der Waals surface area contributed by atoms with Crippen LogP contribution in [0.5, 0.6) is 0 Å². The SMILES string of the molecule is Cc1nc2ccc(C(=O)Nc3ccc4oc(=O)n(C)c4c3)cc2nc1C. The Labute approximate surface area is 148 Å². The molecule has 26 heavy (non-hydrogen) atoms. The van der Waals surface area contributed by atoms with Crippen LogP contribution in [0, 0.1) is 13.8 Å². The summed E-state index contributed by atoms with van der Waals surface area (Å²) in [6, 6.07) is 10.3. The summed E-state index contributed by atoms with van der Waals surface area (Å²) in [5.74, 6) is -0.706. The Morgan fingerprint density at radius 3 is 2.54 bits per heavy atom. The molecule has 130 valence electrons. The minimum absolute atomic E-state index is 0.264. The molecule has 2 aromatic carbocycles. The molecule has 7 heteroatoms. The van der Waals surface area contributed by atoms with Gasteiger partial charge in [-0.3, -0.25) is 9.36 Å². The number of amides is 1. The summed E-state index contributed by atoms with van der Waals surface area (Å²) in [6.45, 7) is 3.79. The molecule has 7 nitrogen and oxygen atoms in total. The smallest absolute Gasteiger partial charge is 0.408 e. The molecule has 0 saturated carbocycles. The first-order valence-electron chi connectivity index (χ1n) is 8.08. The fraction of sp³-hybridized carbons (Fsp3) is 0.158. The van der Waals surface area contributed by atoms with Crippen LogP contribution in [0.4, 0.5) is 5.69 Å². The molecule has 0 bridgehead atoms. The molecule has 2 aromatic heterocycles. The third kappa shape index (κ3) is 2.63. The van der Waals surface area contributed by atoms with E-state index < -0.39 is 5.76 Å². The molecule has 0 aliphatic heterocycles. The molecule has 4 rings (SSSR count). The highest BCUT2D eigenvalue weighted by atomic mass is 16.4. The van der Waals surface area contributed by atoms with Crippen molar-refractivity contribution in [3.8, 4) is 0 Å². The summed E-state index contributed by atoms with van der Waals surface area (Å²) < 4.78 is 6.48. The van der Waals surface area contributed by atoms with Gasteiger partial charge in [-0.1, -0.05) is 0 Å². The van der Waals surface area contributed by atoms with Crippen molar-refractivity contribution in [1.29, 1.82) is 0 Å². The summed E-state index contributed by atoms with van der Waals surface area (Å²) >= 11 is 0. The van der Waals surface area contributed by atoms with E-state index in [2.05, 4.69) is 15.3 Å². The molecular formula is C19H16N4O3. The first kappa shape index (κ1) is 16.0. The fourth-order valence-electron chi connectivity index (χ4n) is 2.78. The maximum Gasteiger partial charge on any atom is 0.419 e. The van der Waals surface area contributed by atoms with Gasteiger partial charge in [-0.2, -0.15) is 0 Å². The Hall–Kier alpha value is -3.48. The second kappa shape index (κ2) is 5.80. The monoisotopic (exact) mass is 348 g/mol. The Bertz CT molecular complexity index is 1240. The summed E-state index contributed by atoms with van der Waals surface area (Å²) in [4.78, 5) is 33.1. The summed E-state index contributed by atoms with van der Waals surface area (Å²) in [5.41, 5.74) is 5.27. The molecule has 0 aliphatic rings. The predicted octanol–water partition coefficient (Wildman–Crippen LogP) is 2.94. The van der Waals surface area contributed by atoms with Crippen molar-refractivity contribution in [2.75, 3.05) is 5.32 Å². The van der Waals surface area contributed by atoms with Crippen molar-refractivity contribution < 1.29 is 9.21 Å². The number of carbonyl (C=O) groups excluding carboxylic acids is 1. The van der Waals surface area contributed by atoms with Gasteiger partial charge < -0.3 is 9.73 Å². The number of nitrogens with one attached hydrogen (secondary N) is 1. The number of hydrogen-bond acceptors (Lipinski definition) is 5. The van der Waals surface area contributed by atoms with Gasteiger partial charge in [0.2, 0.25) is 0 Å². The van der Waals surface area contributed by atoms with Crippen LogP contribution in [-0.4, -0.2) is 20.4 Å². The lowest BCUT2D eigenvalue weighted by Crippen LogP contribution is -2.12. The largest absolute Gasteiger partial charge is 0.419 e. The number of nitrogens with zero attached hydrogens (tertiary/aromatic N) is 3. The molecule has 4 aromatic rings. The van der Waals surface area contributed by atoms with E-state index in [9.17, 15) is 9.59 Å². The van der Waals surface area contributed by atoms with Crippen LogP contribution in [0.3, 0.4) is 0 Å². The zero-order valence-corrected chi connectivity index (χ0v) is 14.5. The van der Waals surface area contributed by atoms with Gasteiger partial charge >= 0.3 is 5.76 Å². The van der Waals surface area contributed by atoms with Gasteiger partial charge in [-0.25, -0.2) is 14.8 Å². The van der Waals surface area contributed by atoms with Crippen LogP contribution < -0.4 is 11.1 Å². The lowest BCUT2D eigenvalue weighted by Gasteiger charge is -2.07. The van der Waals surface area contributed by atoms with E-state index in [4.69, 9.17) is 4.42 Å². The molecule has 0 atom stereocenters. The maximum atomic E-state index is 12.6. The van der Waals surface area contributed by atoms with E-state index in [1.165, 1.54) is 4.57 Å². The molecule has 0 saturated heterocycles.